The van der Waals surface area contributed by atoms with Gasteiger partial charge in [0, 0.05) is 16.5 Å². The molecule has 0 spiro atoms. The number of ether oxygens (including phenoxy) is 1. The molecule has 0 fully saturated rings. The third kappa shape index (κ3) is 5.32. The monoisotopic (exact) mass is 407 g/mol. The molecule has 3 aromatic rings. The number of aromatic nitrogens is 1. The lowest BCUT2D eigenvalue weighted by molar-refractivity contribution is -0.274. The van der Waals surface area contributed by atoms with E-state index in [1.54, 1.807) is 0 Å². The lowest BCUT2D eigenvalue weighted by Gasteiger charge is -2.12. The molecule has 0 bridgehead atoms. The molecule has 0 aliphatic rings. The van der Waals surface area contributed by atoms with E-state index in [1.165, 1.54) is 11.3 Å². The smallest absolute Gasteiger partial charge is 0.423 e. The first-order valence-electron chi connectivity index (χ1n) is 7.88. The highest BCUT2D eigenvalue weighted by atomic mass is 32.1. The Labute approximate surface area is 162 Å². The minimum atomic E-state index is -4.89. The average molecular weight is 407 g/mol. The molecule has 6 nitrogen and oxygen atoms in total. The summed E-state index contributed by atoms with van der Waals surface area (Å²) in [5.74, 6) is -0.522. The lowest BCUT2D eigenvalue weighted by atomic mass is 9.79. The summed E-state index contributed by atoms with van der Waals surface area (Å²) in [7, 11) is -1.84. The Kier molecular flexibility index (Phi) is 5.97. The quantitative estimate of drug-likeness (QED) is 0.333. The maximum atomic E-state index is 12.5. The zero-order valence-electron chi connectivity index (χ0n) is 14.1. The molecule has 3 N–H and O–H groups in total. The molecule has 28 heavy (non-hydrogen) atoms. The van der Waals surface area contributed by atoms with Crippen LogP contribution in [0.1, 0.15) is 5.56 Å². The molecule has 0 radical (unpaired) electrons. The van der Waals surface area contributed by atoms with E-state index in [4.69, 9.17) is 0 Å². The van der Waals surface area contributed by atoms with Crippen molar-refractivity contribution in [3.63, 3.8) is 0 Å². The van der Waals surface area contributed by atoms with E-state index in [0.29, 0.717) is 5.13 Å². The molecule has 0 unspecified atom stereocenters. The minimum absolute atomic E-state index is 0.00316. The van der Waals surface area contributed by atoms with Crippen LogP contribution in [0.4, 0.5) is 18.3 Å². The normalized spacial score (nSPS) is 11.6. The SMILES string of the molecule is OB(O)c1ccc(OC(F)(F)F)c(C=NNc2nc(-c3ccccc3)cs2)c1. The van der Waals surface area contributed by atoms with Crippen LogP contribution in [0.25, 0.3) is 11.3 Å². The van der Waals surface area contributed by atoms with E-state index in [0.717, 1.165) is 35.7 Å². The molecule has 3 rings (SSSR count). The van der Waals surface area contributed by atoms with Gasteiger partial charge in [-0.15, -0.1) is 24.5 Å². The highest BCUT2D eigenvalue weighted by Crippen LogP contribution is 2.26. The average Bonchev–Trinajstić information content (AvgIpc) is 3.11. The van der Waals surface area contributed by atoms with E-state index < -0.39 is 19.2 Å². The highest BCUT2D eigenvalue weighted by molar-refractivity contribution is 7.14. The van der Waals surface area contributed by atoms with Crippen molar-refractivity contribution in [1.82, 2.24) is 4.98 Å². The molecule has 144 valence electrons. The van der Waals surface area contributed by atoms with Gasteiger partial charge in [-0.2, -0.15) is 5.10 Å². The zero-order valence-corrected chi connectivity index (χ0v) is 14.9. The van der Waals surface area contributed by atoms with Crippen molar-refractivity contribution in [2.24, 2.45) is 5.10 Å². The van der Waals surface area contributed by atoms with Crippen LogP contribution in [0.5, 0.6) is 5.75 Å². The molecule has 1 heterocycles. The fourth-order valence-corrected chi connectivity index (χ4v) is 2.94. The predicted molar refractivity (Wildman–Crippen MR) is 102 cm³/mol. The van der Waals surface area contributed by atoms with E-state index in [9.17, 15) is 23.2 Å². The predicted octanol–water partition coefficient (Wildman–Crippen LogP) is 2.83. The fraction of sp³-hybridized carbons (Fsp3) is 0.0588. The van der Waals surface area contributed by atoms with Gasteiger partial charge in [-0.3, -0.25) is 5.43 Å². The van der Waals surface area contributed by atoms with Crippen LogP contribution in [-0.4, -0.2) is 34.7 Å². The zero-order chi connectivity index (χ0) is 20.1. The number of nitrogens with one attached hydrogen (secondary N) is 1. The van der Waals surface area contributed by atoms with E-state index in [1.807, 2.05) is 35.7 Å². The number of rotatable bonds is 6. The summed E-state index contributed by atoms with van der Waals surface area (Å²) in [6.45, 7) is 0. The minimum Gasteiger partial charge on any atom is -0.423 e. The van der Waals surface area contributed by atoms with Gasteiger partial charge in [0.25, 0.3) is 0 Å². The lowest BCUT2D eigenvalue weighted by Crippen LogP contribution is -2.30. The van der Waals surface area contributed by atoms with E-state index in [-0.39, 0.29) is 11.0 Å². The number of hydrazone groups is 1. The van der Waals surface area contributed by atoms with Crippen molar-refractivity contribution in [3.05, 3.63) is 59.5 Å². The molecule has 0 atom stereocenters. The number of thiazole rings is 1. The Morgan fingerprint density at radius 1 is 1.14 bits per heavy atom. The van der Waals surface area contributed by atoms with Crippen LogP contribution in [0.15, 0.2) is 59.0 Å². The van der Waals surface area contributed by atoms with Crippen molar-refractivity contribution in [3.8, 4) is 17.0 Å². The Balaban J connectivity index is 1.77. The molecule has 1 aromatic heterocycles. The molecule has 0 aliphatic carbocycles. The second kappa shape index (κ2) is 8.42. The highest BCUT2D eigenvalue weighted by Gasteiger charge is 2.32. The number of hydrogen-bond donors (Lipinski definition) is 3. The van der Waals surface area contributed by atoms with Crippen LogP contribution in [0.2, 0.25) is 0 Å². The summed E-state index contributed by atoms with van der Waals surface area (Å²) in [5, 5.41) is 24.5. The van der Waals surface area contributed by atoms with Crippen molar-refractivity contribution in [2.75, 3.05) is 5.43 Å². The van der Waals surface area contributed by atoms with Gasteiger partial charge in [-0.1, -0.05) is 36.4 Å². The number of benzene rings is 2. The van der Waals surface area contributed by atoms with Gasteiger partial charge >= 0.3 is 13.5 Å². The number of anilines is 1. The first-order valence-corrected chi connectivity index (χ1v) is 8.75. The van der Waals surface area contributed by atoms with Gasteiger partial charge in [-0.25, -0.2) is 4.98 Å². The van der Waals surface area contributed by atoms with Gasteiger partial charge in [0.1, 0.15) is 5.75 Å². The van der Waals surface area contributed by atoms with Crippen molar-refractivity contribution in [1.29, 1.82) is 0 Å². The van der Waals surface area contributed by atoms with Crippen LogP contribution in [0, 0.1) is 0 Å². The topological polar surface area (TPSA) is 87.0 Å². The second-order valence-corrected chi connectivity index (χ2v) is 6.35. The Morgan fingerprint density at radius 3 is 2.57 bits per heavy atom. The first-order chi connectivity index (χ1) is 13.3. The van der Waals surface area contributed by atoms with Gasteiger partial charge in [-0.05, 0) is 17.6 Å². The Morgan fingerprint density at radius 2 is 1.89 bits per heavy atom. The third-order valence-electron chi connectivity index (χ3n) is 3.50. The van der Waals surface area contributed by atoms with Gasteiger partial charge in [0.05, 0.1) is 11.9 Å². The molecule has 0 saturated carbocycles. The first kappa shape index (κ1) is 19.9. The summed E-state index contributed by atoms with van der Waals surface area (Å²) in [5.41, 5.74) is 4.20. The molecular formula is C17H13BF3N3O3S. The van der Waals surface area contributed by atoms with Crippen molar-refractivity contribution in [2.45, 2.75) is 6.36 Å². The van der Waals surface area contributed by atoms with E-state index >= 15 is 0 Å². The molecule has 0 saturated heterocycles. The summed E-state index contributed by atoms with van der Waals surface area (Å²) in [4.78, 5) is 4.34. The number of alkyl halides is 3. The molecule has 11 heteroatoms. The van der Waals surface area contributed by atoms with Gasteiger partial charge in [0.2, 0.25) is 5.13 Å². The summed E-state index contributed by atoms with van der Waals surface area (Å²) >= 11 is 1.27. The molecule has 2 aromatic carbocycles. The maximum Gasteiger partial charge on any atom is 0.573 e. The third-order valence-corrected chi connectivity index (χ3v) is 4.24. The van der Waals surface area contributed by atoms with Crippen LogP contribution in [0.3, 0.4) is 0 Å². The van der Waals surface area contributed by atoms with Crippen molar-refractivity contribution < 1.29 is 28.0 Å². The largest absolute Gasteiger partial charge is 0.573 e. The molecule has 0 amide bonds. The fourth-order valence-electron chi connectivity index (χ4n) is 2.27. The standard InChI is InChI=1S/C17H13BF3N3O3S/c19-17(20,21)27-15-7-6-13(18(25)26)8-12(15)9-22-24-16-23-14(10-28-16)11-4-2-1-3-5-11/h1-10,25-26H,(H,23,24). The van der Waals surface area contributed by atoms with Gasteiger partial charge in [0.15, 0.2) is 0 Å². The second-order valence-electron chi connectivity index (χ2n) is 5.49. The van der Waals surface area contributed by atoms with Crippen LogP contribution in [-0.2, 0) is 0 Å². The number of hydrogen-bond acceptors (Lipinski definition) is 7. The van der Waals surface area contributed by atoms with Crippen LogP contribution >= 0.6 is 11.3 Å². The summed E-state index contributed by atoms with van der Waals surface area (Å²) in [6.07, 6.45) is -3.81. The summed E-state index contributed by atoms with van der Waals surface area (Å²) in [6, 6.07) is 12.7. The van der Waals surface area contributed by atoms with Gasteiger partial charge < -0.3 is 14.8 Å². The molecular weight excluding hydrogens is 394 g/mol. The number of nitrogens with zero attached hydrogens (tertiary/aromatic N) is 2. The van der Waals surface area contributed by atoms with Crippen molar-refractivity contribution >= 4 is 35.3 Å². The number of halogens is 3. The van der Waals surface area contributed by atoms with Crippen LogP contribution < -0.4 is 15.6 Å². The summed E-state index contributed by atoms with van der Waals surface area (Å²) < 4.78 is 41.6. The van der Waals surface area contributed by atoms with E-state index in [2.05, 4.69) is 20.2 Å². The maximum absolute atomic E-state index is 12.5. The molecule has 0 aliphatic heterocycles. The Bertz CT molecular complexity index is 965. The Hall–Kier alpha value is -2.89.